The van der Waals surface area contributed by atoms with Crippen molar-refractivity contribution in [2.75, 3.05) is 26.3 Å². The molecule has 7 nitrogen and oxygen atoms in total. The van der Waals surface area contributed by atoms with Crippen molar-refractivity contribution in [3.63, 3.8) is 0 Å². The molecule has 1 aliphatic rings. The van der Waals surface area contributed by atoms with Gasteiger partial charge >= 0.3 is 0 Å². The number of ether oxygens (including phenoxy) is 1. The monoisotopic (exact) mass is 419 g/mol. The molecule has 0 aliphatic carbocycles. The Morgan fingerprint density at radius 1 is 1.10 bits per heavy atom. The lowest BCUT2D eigenvalue weighted by atomic mass is 10.0. The number of aromatic amines is 1. The van der Waals surface area contributed by atoms with E-state index in [2.05, 4.69) is 20.2 Å². The number of morpholine rings is 1. The van der Waals surface area contributed by atoms with Crippen LogP contribution in [-0.2, 0) is 4.74 Å². The van der Waals surface area contributed by atoms with Crippen LogP contribution in [0.3, 0.4) is 0 Å². The Bertz CT molecular complexity index is 1230. The second-order valence-corrected chi connectivity index (χ2v) is 7.44. The lowest BCUT2D eigenvalue weighted by molar-refractivity contribution is 0.0303. The molecule has 0 radical (unpaired) electrons. The Morgan fingerprint density at radius 3 is 2.80 bits per heavy atom. The van der Waals surface area contributed by atoms with Gasteiger partial charge in [-0.15, -0.1) is 0 Å². The van der Waals surface area contributed by atoms with Crippen LogP contribution in [0.15, 0.2) is 55.0 Å². The zero-order valence-corrected chi connectivity index (χ0v) is 16.8. The molecule has 8 heteroatoms. The molecule has 4 heterocycles. The highest BCUT2D eigenvalue weighted by Crippen LogP contribution is 2.32. The maximum Gasteiger partial charge on any atom is 0.254 e. The molecule has 4 aromatic rings. The summed E-state index contributed by atoms with van der Waals surface area (Å²) in [5.74, 6) is 0.0155. The first-order chi connectivity index (χ1) is 14.7. The van der Waals surface area contributed by atoms with Gasteiger partial charge in [0.05, 0.1) is 18.2 Å². The molecule has 1 fully saturated rings. The maximum atomic E-state index is 12.9. The molecule has 0 atom stereocenters. The molecule has 0 unspecified atom stereocenters. The van der Waals surface area contributed by atoms with Gasteiger partial charge in [-0.2, -0.15) is 5.10 Å². The van der Waals surface area contributed by atoms with E-state index in [-0.39, 0.29) is 5.91 Å². The van der Waals surface area contributed by atoms with Crippen LogP contribution in [0.1, 0.15) is 10.4 Å². The predicted molar refractivity (Wildman–Crippen MR) is 114 cm³/mol. The number of nitrogens with one attached hydrogen (secondary N) is 1. The summed E-state index contributed by atoms with van der Waals surface area (Å²) in [5, 5.41) is 8.72. The third-order valence-corrected chi connectivity index (χ3v) is 5.49. The minimum atomic E-state index is 0.0155. The minimum absolute atomic E-state index is 0.0155. The summed E-state index contributed by atoms with van der Waals surface area (Å²) in [6.07, 6.45) is 5.05. The number of pyridine rings is 2. The molecule has 150 valence electrons. The van der Waals surface area contributed by atoms with Crippen LogP contribution in [0.4, 0.5) is 0 Å². The molecule has 1 saturated heterocycles. The van der Waals surface area contributed by atoms with Crippen molar-refractivity contribution in [1.29, 1.82) is 0 Å². The van der Waals surface area contributed by atoms with Gasteiger partial charge in [0.25, 0.3) is 5.91 Å². The van der Waals surface area contributed by atoms with Gasteiger partial charge in [-0.05, 0) is 29.8 Å². The van der Waals surface area contributed by atoms with Crippen LogP contribution in [0.25, 0.3) is 33.4 Å². The van der Waals surface area contributed by atoms with Crippen LogP contribution in [0, 0.1) is 0 Å². The van der Waals surface area contributed by atoms with Crippen molar-refractivity contribution < 1.29 is 9.53 Å². The number of benzene rings is 1. The van der Waals surface area contributed by atoms with Crippen molar-refractivity contribution in [1.82, 2.24) is 25.1 Å². The zero-order valence-electron chi connectivity index (χ0n) is 16.0. The summed E-state index contributed by atoms with van der Waals surface area (Å²) >= 11 is 6.31. The van der Waals surface area contributed by atoms with E-state index in [4.69, 9.17) is 16.3 Å². The van der Waals surface area contributed by atoms with E-state index in [0.717, 1.165) is 22.1 Å². The number of carbonyl (C=O) groups is 1. The fourth-order valence-electron chi connectivity index (χ4n) is 3.61. The Morgan fingerprint density at radius 2 is 1.97 bits per heavy atom. The summed E-state index contributed by atoms with van der Waals surface area (Å²) in [5.41, 5.74) is 4.63. The lowest BCUT2D eigenvalue weighted by Gasteiger charge is -2.27. The summed E-state index contributed by atoms with van der Waals surface area (Å²) < 4.78 is 5.34. The lowest BCUT2D eigenvalue weighted by Crippen LogP contribution is -2.40. The third kappa shape index (κ3) is 3.42. The molecule has 0 bridgehead atoms. The molecule has 0 saturated carbocycles. The minimum Gasteiger partial charge on any atom is -0.378 e. The van der Waals surface area contributed by atoms with Gasteiger partial charge in [-0.3, -0.25) is 14.9 Å². The average molecular weight is 420 g/mol. The van der Waals surface area contributed by atoms with Crippen LogP contribution < -0.4 is 0 Å². The van der Waals surface area contributed by atoms with E-state index in [0.29, 0.717) is 48.2 Å². The van der Waals surface area contributed by atoms with Gasteiger partial charge in [-0.1, -0.05) is 23.7 Å². The van der Waals surface area contributed by atoms with Gasteiger partial charge < -0.3 is 9.64 Å². The molecule has 1 aromatic carbocycles. The number of hydrogen-bond acceptors (Lipinski definition) is 5. The third-order valence-electron chi connectivity index (χ3n) is 5.19. The van der Waals surface area contributed by atoms with E-state index >= 15 is 0 Å². The molecular formula is C22H18ClN5O2. The number of rotatable bonds is 3. The first kappa shape index (κ1) is 18.7. The second kappa shape index (κ2) is 7.85. The van der Waals surface area contributed by atoms with E-state index in [1.54, 1.807) is 18.6 Å². The predicted octanol–water partition coefficient (Wildman–Crippen LogP) is 3.81. The van der Waals surface area contributed by atoms with E-state index < -0.39 is 0 Å². The highest BCUT2D eigenvalue weighted by molar-refractivity contribution is 6.33. The maximum absolute atomic E-state index is 12.9. The summed E-state index contributed by atoms with van der Waals surface area (Å²) in [6.45, 7) is 2.38. The highest BCUT2D eigenvalue weighted by atomic mass is 35.5. The number of nitrogens with zero attached hydrogens (tertiary/aromatic N) is 4. The Kier molecular flexibility index (Phi) is 4.90. The first-order valence-electron chi connectivity index (χ1n) is 9.62. The number of aromatic nitrogens is 4. The molecule has 1 aliphatic heterocycles. The Balaban J connectivity index is 1.53. The summed E-state index contributed by atoms with van der Waals surface area (Å²) in [7, 11) is 0. The van der Waals surface area contributed by atoms with Crippen LogP contribution >= 0.6 is 11.6 Å². The van der Waals surface area contributed by atoms with Crippen LogP contribution in [-0.4, -0.2) is 57.3 Å². The normalized spacial score (nSPS) is 14.2. The molecule has 1 N–H and O–H groups in total. The fraction of sp³-hybridized carbons (Fsp3) is 0.182. The van der Waals surface area contributed by atoms with Crippen molar-refractivity contribution in [2.45, 2.75) is 0 Å². The molecular weight excluding hydrogens is 402 g/mol. The zero-order chi connectivity index (χ0) is 20.5. The number of H-pyrrole nitrogens is 1. The highest BCUT2D eigenvalue weighted by Gasteiger charge is 2.19. The molecule has 1 amide bonds. The molecule has 5 rings (SSSR count). The standard InChI is InChI=1S/C22H18ClN5O2/c23-19-13-24-5-4-17(19)20-18-11-16(12-25-21(18)27-26-20)14-2-1-3-15(10-14)22(29)28-6-8-30-9-7-28/h1-5,10-13H,6-9H2,(H,25,26,27). The van der Waals surface area contributed by atoms with Crippen molar-refractivity contribution in [3.05, 3.63) is 65.6 Å². The quantitative estimate of drug-likeness (QED) is 0.545. The number of hydrogen-bond donors (Lipinski definition) is 1. The molecule has 3 aromatic heterocycles. The molecule has 30 heavy (non-hydrogen) atoms. The SMILES string of the molecule is O=C(c1cccc(-c2cnc3[nH]nc(-c4ccncc4Cl)c3c2)c1)N1CCOCC1. The number of fused-ring (bicyclic) bond motifs is 1. The fourth-order valence-corrected chi connectivity index (χ4v) is 3.82. The number of carbonyl (C=O) groups excluding carboxylic acids is 1. The summed E-state index contributed by atoms with van der Waals surface area (Å²) in [6, 6.07) is 11.4. The molecule has 0 spiro atoms. The largest absolute Gasteiger partial charge is 0.378 e. The average Bonchev–Trinajstić information content (AvgIpc) is 3.22. The van der Waals surface area contributed by atoms with Crippen molar-refractivity contribution in [3.8, 4) is 22.4 Å². The van der Waals surface area contributed by atoms with Crippen LogP contribution in [0.5, 0.6) is 0 Å². The van der Waals surface area contributed by atoms with Crippen molar-refractivity contribution in [2.24, 2.45) is 0 Å². The topological polar surface area (TPSA) is 84.0 Å². The van der Waals surface area contributed by atoms with Gasteiger partial charge in [0, 0.05) is 53.8 Å². The smallest absolute Gasteiger partial charge is 0.254 e. The van der Waals surface area contributed by atoms with Gasteiger partial charge in [0.2, 0.25) is 0 Å². The summed E-state index contributed by atoms with van der Waals surface area (Å²) in [4.78, 5) is 23.2. The second-order valence-electron chi connectivity index (χ2n) is 7.03. The Labute approximate surface area is 177 Å². The number of halogens is 1. The Hall–Kier alpha value is -3.29. The van der Waals surface area contributed by atoms with E-state index in [1.807, 2.05) is 41.3 Å². The first-order valence-corrected chi connectivity index (χ1v) is 10.00. The van der Waals surface area contributed by atoms with Crippen LogP contribution in [0.2, 0.25) is 5.02 Å². The van der Waals surface area contributed by atoms with Gasteiger partial charge in [-0.25, -0.2) is 4.98 Å². The van der Waals surface area contributed by atoms with E-state index in [9.17, 15) is 4.79 Å². The van der Waals surface area contributed by atoms with E-state index in [1.165, 1.54) is 0 Å². The van der Waals surface area contributed by atoms with Gasteiger partial charge in [0.15, 0.2) is 5.65 Å². The number of amides is 1. The van der Waals surface area contributed by atoms with Crippen molar-refractivity contribution >= 4 is 28.5 Å². The van der Waals surface area contributed by atoms with Gasteiger partial charge in [0.1, 0.15) is 5.69 Å².